The van der Waals surface area contributed by atoms with Crippen LogP contribution in [0.25, 0.3) is 0 Å². The molecule has 0 aromatic heterocycles. The minimum absolute atomic E-state index is 0.250. The molecule has 0 radical (unpaired) electrons. The monoisotopic (exact) mass is 127 g/mol. The van der Waals surface area contributed by atoms with E-state index in [1.807, 2.05) is 0 Å². The minimum Gasteiger partial charge on any atom is -0.750 e. The lowest BCUT2D eigenvalue weighted by molar-refractivity contribution is 0.318. The molecule has 0 aliphatic carbocycles. The van der Waals surface area contributed by atoms with Crippen molar-refractivity contribution in [2.75, 3.05) is 6.61 Å². The Bertz CT molecular complexity index is 41.0. The lowest BCUT2D eigenvalue weighted by Gasteiger charge is -1.83. The molecule has 1 atom stereocenters. The fraction of sp³-hybridized carbons (Fsp3) is 1.00. The van der Waals surface area contributed by atoms with Gasteiger partial charge >= 0.3 is 0 Å². The van der Waals surface area contributed by atoms with Crippen LogP contribution in [0.15, 0.2) is 0 Å². The van der Waals surface area contributed by atoms with Crippen molar-refractivity contribution in [1.29, 1.82) is 0 Å². The molecule has 46 valence electrons. The number of aliphatic hydroxyl groups is 1. The summed E-state index contributed by atoms with van der Waals surface area (Å²) in [5.74, 6) is 0. The summed E-state index contributed by atoms with van der Waals surface area (Å²) in [5, 5.41) is 7.57. The summed E-state index contributed by atoms with van der Waals surface area (Å²) in [6.07, 6.45) is 0. The molecule has 0 amide bonds. The van der Waals surface area contributed by atoms with Crippen LogP contribution in [0.4, 0.5) is 0 Å². The average molecular weight is 127 g/mol. The van der Waals surface area contributed by atoms with E-state index in [4.69, 9.17) is 18.4 Å². The lowest BCUT2D eigenvalue weighted by Crippen LogP contribution is -1.75. The lowest BCUT2D eigenvalue weighted by atomic mass is 10.9. The van der Waals surface area contributed by atoms with Gasteiger partial charge in [0, 0.05) is 6.61 Å². The van der Waals surface area contributed by atoms with Crippen LogP contribution < -0.4 is 0 Å². The largest absolute Gasteiger partial charge is 0.750 e. The Kier molecular flexibility index (Phi) is 13.6. The van der Waals surface area contributed by atoms with Gasteiger partial charge in [-0.2, -0.15) is 0 Å². The van der Waals surface area contributed by atoms with Crippen LogP contribution in [0.3, 0.4) is 0 Å². The second kappa shape index (κ2) is 9.39. The second-order valence-electron chi connectivity index (χ2n) is 0.533. The summed E-state index contributed by atoms with van der Waals surface area (Å²) >= 11 is -2.86. The van der Waals surface area contributed by atoms with Gasteiger partial charge in [-0.3, -0.25) is 0 Å². The first kappa shape index (κ1) is 10.1. The molecule has 2 N–H and O–H groups in total. The average Bonchev–Trinajstić information content (AvgIpc) is 1.33. The number of hydrogen-bond acceptors (Lipinski definition) is 3. The van der Waals surface area contributed by atoms with Gasteiger partial charge in [-0.05, 0) is 6.92 Å². The van der Waals surface area contributed by atoms with Crippen molar-refractivity contribution in [1.82, 2.24) is 0 Å². The third-order valence-corrected chi connectivity index (χ3v) is 0. The van der Waals surface area contributed by atoms with Gasteiger partial charge in [-0.25, -0.2) is 4.21 Å². The summed E-state index contributed by atoms with van der Waals surface area (Å²) in [6, 6.07) is 0. The molecule has 0 rings (SSSR count). The van der Waals surface area contributed by atoms with Gasteiger partial charge in [-0.1, -0.05) is 0 Å². The number of rotatable bonds is 0. The Labute approximate surface area is 44.3 Å². The standard InChI is InChI=1S/C2H6O.H2O3S/c1-2-3;1-4(2)3/h3H,2H2,1H3;(H2,1,2,3)/p-1. The molecule has 4 nitrogen and oxygen atoms in total. The first-order chi connectivity index (χ1) is 3.15. The van der Waals surface area contributed by atoms with Crippen LogP contribution in [0.5, 0.6) is 0 Å². The topological polar surface area (TPSA) is 80.6 Å². The molecule has 0 saturated carbocycles. The van der Waals surface area contributed by atoms with E-state index in [2.05, 4.69) is 0 Å². The Hall–Kier alpha value is 0.0300. The number of aliphatic hydroxyl groups excluding tert-OH is 1. The predicted molar refractivity (Wildman–Crippen MR) is 24.3 cm³/mol. The molecular weight excluding hydrogens is 120 g/mol. The van der Waals surface area contributed by atoms with E-state index in [0.29, 0.717) is 0 Å². The van der Waals surface area contributed by atoms with E-state index in [-0.39, 0.29) is 6.61 Å². The molecule has 0 aromatic carbocycles. The van der Waals surface area contributed by atoms with Gasteiger partial charge < -0.3 is 14.2 Å². The molecule has 0 spiro atoms. The highest BCUT2D eigenvalue weighted by Crippen LogP contribution is 1.43. The molecule has 0 aliphatic heterocycles. The van der Waals surface area contributed by atoms with Gasteiger partial charge in [0.05, 0.1) is 11.4 Å². The zero-order valence-electron chi connectivity index (χ0n) is 3.83. The van der Waals surface area contributed by atoms with Crippen molar-refractivity contribution in [2.24, 2.45) is 0 Å². The molecule has 0 aliphatic rings. The van der Waals surface area contributed by atoms with Crippen LogP contribution in [0, 0.1) is 0 Å². The zero-order valence-corrected chi connectivity index (χ0v) is 4.64. The smallest absolute Gasteiger partial charge is 0.0814 e. The molecule has 7 heavy (non-hydrogen) atoms. The Morgan fingerprint density at radius 3 is 1.86 bits per heavy atom. The van der Waals surface area contributed by atoms with Crippen molar-refractivity contribution in [3.05, 3.63) is 0 Å². The van der Waals surface area contributed by atoms with Gasteiger partial charge in [0.25, 0.3) is 0 Å². The van der Waals surface area contributed by atoms with E-state index in [9.17, 15) is 0 Å². The Morgan fingerprint density at radius 2 is 1.86 bits per heavy atom. The van der Waals surface area contributed by atoms with E-state index in [1.165, 1.54) is 0 Å². The van der Waals surface area contributed by atoms with Crippen LogP contribution in [0.2, 0.25) is 0 Å². The highest BCUT2D eigenvalue weighted by Gasteiger charge is 1.42. The second-order valence-corrected chi connectivity index (χ2v) is 0.968. The first-order valence-electron chi connectivity index (χ1n) is 1.54. The van der Waals surface area contributed by atoms with Crippen molar-refractivity contribution < 1.29 is 18.4 Å². The first-order valence-corrected chi connectivity index (χ1v) is 2.57. The van der Waals surface area contributed by atoms with Crippen molar-refractivity contribution in [2.45, 2.75) is 6.92 Å². The van der Waals surface area contributed by atoms with Crippen molar-refractivity contribution in [3.8, 4) is 0 Å². The molecule has 0 aromatic rings. The predicted octanol–water partition coefficient (Wildman–Crippen LogP) is -0.663. The van der Waals surface area contributed by atoms with Crippen molar-refractivity contribution in [3.63, 3.8) is 0 Å². The highest BCUT2D eigenvalue weighted by atomic mass is 32.2. The summed E-state index contributed by atoms with van der Waals surface area (Å²) in [4.78, 5) is 0. The van der Waals surface area contributed by atoms with E-state index < -0.39 is 11.4 Å². The summed E-state index contributed by atoms with van der Waals surface area (Å²) in [6.45, 7) is 1.93. The maximum Gasteiger partial charge on any atom is 0.0814 e. The Morgan fingerprint density at radius 1 is 1.86 bits per heavy atom. The molecule has 0 bridgehead atoms. The molecular formula is C2H7O4S-. The highest BCUT2D eigenvalue weighted by molar-refractivity contribution is 7.73. The molecule has 0 fully saturated rings. The van der Waals surface area contributed by atoms with Crippen LogP contribution in [0.1, 0.15) is 6.92 Å². The summed E-state index contributed by atoms with van der Waals surface area (Å²) in [7, 11) is 0. The van der Waals surface area contributed by atoms with Gasteiger partial charge in [0.2, 0.25) is 0 Å². The van der Waals surface area contributed by atoms with E-state index >= 15 is 0 Å². The maximum absolute atomic E-state index is 8.56. The summed E-state index contributed by atoms with van der Waals surface area (Å²) < 4.78 is 24.1. The molecule has 5 heteroatoms. The summed E-state index contributed by atoms with van der Waals surface area (Å²) in [5.41, 5.74) is 0. The third-order valence-electron chi connectivity index (χ3n) is 0. The fourth-order valence-electron chi connectivity index (χ4n) is 0. The molecule has 1 unspecified atom stereocenters. The van der Waals surface area contributed by atoms with E-state index in [0.717, 1.165) is 0 Å². The van der Waals surface area contributed by atoms with Crippen LogP contribution in [-0.4, -0.2) is 25.0 Å². The zero-order chi connectivity index (χ0) is 6.28. The maximum atomic E-state index is 8.56. The van der Waals surface area contributed by atoms with Crippen LogP contribution >= 0.6 is 0 Å². The Balaban J connectivity index is 0. The number of hydrogen-bond donors (Lipinski definition) is 2. The van der Waals surface area contributed by atoms with Gasteiger partial charge in [0.15, 0.2) is 0 Å². The molecule has 0 saturated heterocycles. The van der Waals surface area contributed by atoms with Gasteiger partial charge in [0.1, 0.15) is 0 Å². The fourth-order valence-corrected chi connectivity index (χ4v) is 0. The normalized spacial score (nSPS) is 11.4. The third kappa shape index (κ3) is 109000. The van der Waals surface area contributed by atoms with Crippen molar-refractivity contribution >= 4 is 11.4 Å². The molecule has 0 heterocycles. The van der Waals surface area contributed by atoms with Gasteiger partial charge in [-0.15, -0.1) is 0 Å². The minimum atomic E-state index is -2.86. The SMILES string of the molecule is CCO.O=S([O-])O. The quantitative estimate of drug-likeness (QED) is 0.423. The van der Waals surface area contributed by atoms with Crippen LogP contribution in [-0.2, 0) is 11.4 Å². The van der Waals surface area contributed by atoms with E-state index in [1.54, 1.807) is 6.92 Å².